The molecule has 3 heteroatoms. The topological polar surface area (TPSA) is 35.5 Å². The Morgan fingerprint density at radius 2 is 1.79 bits per heavy atom. The van der Waals surface area contributed by atoms with Crippen molar-refractivity contribution >= 4 is 6.16 Å². The summed E-state index contributed by atoms with van der Waals surface area (Å²) in [6.07, 6.45) is -0.664. The van der Waals surface area contributed by atoms with E-state index in [1.54, 1.807) is 0 Å². The molecule has 0 aromatic heterocycles. The van der Waals surface area contributed by atoms with E-state index in [1.165, 1.54) is 0 Å². The average Bonchev–Trinajstić information content (AvgIpc) is 2.41. The summed E-state index contributed by atoms with van der Waals surface area (Å²) in [5.74, 6) is 0.563. The predicted octanol–water partition coefficient (Wildman–Crippen LogP) is 3.79. The van der Waals surface area contributed by atoms with E-state index >= 15 is 0 Å². The van der Waals surface area contributed by atoms with E-state index in [2.05, 4.69) is 0 Å². The molecule has 3 rings (SSSR count). The lowest BCUT2D eigenvalue weighted by Gasteiger charge is -2.35. The number of carbonyl (C=O) groups excluding carboxylic acids is 1. The van der Waals surface area contributed by atoms with E-state index in [4.69, 9.17) is 9.47 Å². The number of hydrogen-bond acceptors (Lipinski definition) is 3. The summed E-state index contributed by atoms with van der Waals surface area (Å²) < 4.78 is 10.6. The highest BCUT2D eigenvalue weighted by Gasteiger charge is 2.40. The summed E-state index contributed by atoms with van der Waals surface area (Å²) in [6, 6.07) is 15.4. The van der Waals surface area contributed by atoms with Crippen molar-refractivity contribution in [2.45, 2.75) is 19.4 Å². The fraction of sp³-hybridized carbons (Fsp3) is 0.188. The van der Waals surface area contributed by atoms with Crippen molar-refractivity contribution in [3.8, 4) is 5.75 Å². The van der Waals surface area contributed by atoms with Crippen molar-refractivity contribution in [3.63, 3.8) is 0 Å². The van der Waals surface area contributed by atoms with Gasteiger partial charge in [0.05, 0.1) is 0 Å². The van der Waals surface area contributed by atoms with Crippen LogP contribution in [-0.4, -0.2) is 6.16 Å². The molecule has 1 heterocycles. The predicted molar refractivity (Wildman–Crippen MR) is 71.2 cm³/mol. The van der Waals surface area contributed by atoms with Gasteiger partial charge in [-0.3, -0.25) is 0 Å². The Bertz CT molecular complexity index is 634. The van der Waals surface area contributed by atoms with Crippen LogP contribution in [0.15, 0.2) is 48.5 Å². The van der Waals surface area contributed by atoms with Gasteiger partial charge in [0.2, 0.25) is 0 Å². The number of cyclic esters (lactones) is 1. The number of ether oxygens (including phenoxy) is 2. The Morgan fingerprint density at radius 1 is 1.05 bits per heavy atom. The molecule has 2 aromatic carbocycles. The zero-order chi connectivity index (χ0) is 13.5. The summed E-state index contributed by atoms with van der Waals surface area (Å²) >= 11 is 0. The summed E-state index contributed by atoms with van der Waals surface area (Å²) in [4.78, 5) is 11.7. The fourth-order valence-corrected chi connectivity index (χ4v) is 2.41. The molecule has 2 aromatic rings. The minimum absolute atomic E-state index is 0.563. The normalized spacial score (nSPS) is 21.3. The number of rotatable bonds is 1. The third kappa shape index (κ3) is 1.87. The maximum Gasteiger partial charge on any atom is 0.515 e. The highest BCUT2D eigenvalue weighted by Crippen LogP contribution is 2.42. The van der Waals surface area contributed by atoms with Crippen LogP contribution in [-0.2, 0) is 10.3 Å². The van der Waals surface area contributed by atoms with Crippen LogP contribution in [0.3, 0.4) is 0 Å². The number of benzene rings is 2. The first-order valence-electron chi connectivity index (χ1n) is 6.17. The van der Waals surface area contributed by atoms with Gasteiger partial charge in [-0.2, -0.15) is 0 Å². The SMILES string of the molecule is Cc1ccc2c(c1)C(C)(c1ccccc1)OC(=O)O2. The van der Waals surface area contributed by atoms with E-state index < -0.39 is 11.8 Å². The highest BCUT2D eigenvalue weighted by molar-refractivity contribution is 5.70. The lowest BCUT2D eigenvalue weighted by Crippen LogP contribution is -2.36. The fourth-order valence-electron chi connectivity index (χ4n) is 2.41. The Labute approximate surface area is 111 Å². The van der Waals surface area contributed by atoms with Crippen molar-refractivity contribution < 1.29 is 14.3 Å². The van der Waals surface area contributed by atoms with Crippen LogP contribution >= 0.6 is 0 Å². The second-order valence-electron chi connectivity index (χ2n) is 4.85. The molecule has 0 amide bonds. The van der Waals surface area contributed by atoms with Gasteiger partial charge in [0, 0.05) is 11.1 Å². The van der Waals surface area contributed by atoms with Gasteiger partial charge in [-0.25, -0.2) is 4.79 Å². The first-order chi connectivity index (χ1) is 9.09. The van der Waals surface area contributed by atoms with Crippen molar-refractivity contribution in [1.29, 1.82) is 0 Å². The molecule has 0 saturated heterocycles. The molecule has 1 aliphatic rings. The molecule has 0 aliphatic carbocycles. The maximum absolute atomic E-state index is 11.7. The van der Waals surface area contributed by atoms with Crippen LogP contribution in [0.2, 0.25) is 0 Å². The van der Waals surface area contributed by atoms with Gasteiger partial charge in [0.15, 0.2) is 5.60 Å². The largest absolute Gasteiger partial charge is 0.515 e. The minimum atomic E-state index is -0.808. The third-order valence-electron chi connectivity index (χ3n) is 3.45. The first-order valence-corrected chi connectivity index (χ1v) is 6.17. The second kappa shape index (κ2) is 4.12. The molecule has 1 unspecified atom stereocenters. The van der Waals surface area contributed by atoms with Crippen LogP contribution in [0, 0.1) is 6.92 Å². The Kier molecular flexibility index (Phi) is 2.56. The molecule has 3 nitrogen and oxygen atoms in total. The molecule has 0 spiro atoms. The number of fused-ring (bicyclic) bond motifs is 1. The zero-order valence-electron chi connectivity index (χ0n) is 10.8. The van der Waals surface area contributed by atoms with Crippen molar-refractivity contribution in [3.05, 3.63) is 65.2 Å². The van der Waals surface area contributed by atoms with Gasteiger partial charge in [0.25, 0.3) is 0 Å². The standard InChI is InChI=1S/C16H14O3/c1-11-8-9-14-13(10-11)16(2,19-15(17)18-14)12-6-4-3-5-7-12/h3-10H,1-2H3. The van der Waals surface area contributed by atoms with Crippen molar-refractivity contribution in [2.75, 3.05) is 0 Å². The van der Waals surface area contributed by atoms with E-state index in [0.29, 0.717) is 5.75 Å². The summed E-state index contributed by atoms with van der Waals surface area (Å²) in [7, 11) is 0. The molecule has 0 saturated carbocycles. The molecule has 0 bridgehead atoms. The molecule has 96 valence electrons. The van der Waals surface area contributed by atoms with Gasteiger partial charge in [-0.1, -0.05) is 42.0 Å². The van der Waals surface area contributed by atoms with Gasteiger partial charge >= 0.3 is 6.16 Å². The van der Waals surface area contributed by atoms with Crippen LogP contribution in [0.5, 0.6) is 5.75 Å². The third-order valence-corrected chi connectivity index (χ3v) is 3.45. The molecule has 0 radical (unpaired) electrons. The molecular weight excluding hydrogens is 240 g/mol. The van der Waals surface area contributed by atoms with Crippen LogP contribution in [0.4, 0.5) is 4.79 Å². The van der Waals surface area contributed by atoms with Crippen LogP contribution < -0.4 is 4.74 Å². The second-order valence-corrected chi connectivity index (χ2v) is 4.85. The van der Waals surface area contributed by atoms with Gasteiger partial charge in [0.1, 0.15) is 5.75 Å². The quantitative estimate of drug-likeness (QED) is 0.573. The van der Waals surface area contributed by atoms with E-state index in [9.17, 15) is 4.79 Å². The van der Waals surface area contributed by atoms with E-state index in [-0.39, 0.29) is 0 Å². The lowest BCUT2D eigenvalue weighted by atomic mass is 9.86. The summed E-state index contributed by atoms with van der Waals surface area (Å²) in [5, 5.41) is 0. The van der Waals surface area contributed by atoms with Gasteiger partial charge in [-0.05, 0) is 26.0 Å². The summed E-state index contributed by atoms with van der Waals surface area (Å²) in [6.45, 7) is 3.89. The monoisotopic (exact) mass is 254 g/mol. The molecule has 1 atom stereocenters. The Balaban J connectivity index is 2.23. The molecule has 0 N–H and O–H groups in total. The number of hydrogen-bond donors (Lipinski definition) is 0. The van der Waals surface area contributed by atoms with Crippen LogP contribution in [0.1, 0.15) is 23.6 Å². The average molecular weight is 254 g/mol. The van der Waals surface area contributed by atoms with E-state index in [1.807, 2.05) is 62.4 Å². The maximum atomic E-state index is 11.7. The minimum Gasteiger partial charge on any atom is -0.418 e. The Hall–Kier alpha value is -2.29. The van der Waals surface area contributed by atoms with E-state index in [0.717, 1.165) is 16.7 Å². The summed E-state index contributed by atoms with van der Waals surface area (Å²) in [5.41, 5.74) is 2.09. The van der Waals surface area contributed by atoms with Crippen molar-refractivity contribution in [1.82, 2.24) is 0 Å². The van der Waals surface area contributed by atoms with Gasteiger partial charge < -0.3 is 9.47 Å². The molecule has 19 heavy (non-hydrogen) atoms. The Morgan fingerprint density at radius 3 is 2.53 bits per heavy atom. The van der Waals surface area contributed by atoms with Crippen LogP contribution in [0.25, 0.3) is 0 Å². The van der Waals surface area contributed by atoms with Crippen molar-refractivity contribution in [2.24, 2.45) is 0 Å². The zero-order valence-corrected chi connectivity index (χ0v) is 10.8. The number of carbonyl (C=O) groups is 1. The first kappa shape index (κ1) is 11.8. The smallest absolute Gasteiger partial charge is 0.418 e. The molecule has 0 fully saturated rings. The highest BCUT2D eigenvalue weighted by atomic mass is 16.7. The van der Waals surface area contributed by atoms with Gasteiger partial charge in [-0.15, -0.1) is 0 Å². The molecule has 1 aliphatic heterocycles. The molecular formula is C16H14O3. The lowest BCUT2D eigenvalue weighted by molar-refractivity contribution is 0.00227. The number of aryl methyl sites for hydroxylation is 1.